The minimum absolute atomic E-state index is 0.112. The highest BCUT2D eigenvalue weighted by molar-refractivity contribution is 6.30. The molecule has 0 radical (unpaired) electrons. The second-order valence-electron chi connectivity index (χ2n) is 9.20. The highest BCUT2D eigenvalue weighted by Crippen LogP contribution is 2.26. The molecule has 0 aromatic heterocycles. The van der Waals surface area contributed by atoms with Crippen molar-refractivity contribution in [1.29, 1.82) is 5.26 Å². The van der Waals surface area contributed by atoms with Crippen LogP contribution in [0, 0.1) is 11.3 Å². The molecular weight excluding hydrogens is 486 g/mol. The number of halogens is 1. The molecule has 9 nitrogen and oxygen atoms in total. The van der Waals surface area contributed by atoms with Crippen LogP contribution in [0.15, 0.2) is 42.5 Å². The van der Waals surface area contributed by atoms with Crippen molar-refractivity contribution in [2.24, 2.45) is 0 Å². The normalized spacial score (nSPS) is 15.8. The Hall–Kier alpha value is -3.77. The van der Waals surface area contributed by atoms with Crippen LogP contribution in [0.25, 0.3) is 0 Å². The largest absolute Gasteiger partial charge is 0.492 e. The zero-order valence-corrected chi connectivity index (χ0v) is 21.4. The third-order valence-corrected chi connectivity index (χ3v) is 5.66. The van der Waals surface area contributed by atoms with E-state index in [0.29, 0.717) is 17.1 Å². The summed E-state index contributed by atoms with van der Waals surface area (Å²) in [6, 6.07) is 12.9. The second kappa shape index (κ2) is 11.3. The maximum atomic E-state index is 13.0. The predicted molar refractivity (Wildman–Crippen MR) is 133 cm³/mol. The molecule has 1 aliphatic heterocycles. The number of methoxy groups -OCH3 is 1. The Labute approximate surface area is 215 Å². The molecule has 2 amide bonds. The smallest absolute Gasteiger partial charge is 0.411 e. The molecule has 3 rings (SSSR count). The molecule has 1 aliphatic rings. The topological polar surface area (TPSA) is 109 Å². The van der Waals surface area contributed by atoms with Crippen molar-refractivity contribution >= 4 is 35.3 Å². The molecular formula is C26H28ClN3O6. The fourth-order valence-electron chi connectivity index (χ4n) is 3.73. The van der Waals surface area contributed by atoms with E-state index in [9.17, 15) is 19.6 Å². The van der Waals surface area contributed by atoms with Crippen LogP contribution in [0.4, 0.5) is 10.5 Å². The Balaban J connectivity index is 1.81. The molecule has 2 aromatic carbocycles. The number of ether oxygens (including phenoxy) is 3. The Morgan fingerprint density at radius 3 is 2.58 bits per heavy atom. The van der Waals surface area contributed by atoms with Gasteiger partial charge in [0.2, 0.25) is 5.91 Å². The summed E-state index contributed by atoms with van der Waals surface area (Å²) >= 11 is 6.12. The van der Waals surface area contributed by atoms with E-state index in [1.54, 1.807) is 49.9 Å². The van der Waals surface area contributed by atoms with E-state index in [4.69, 9.17) is 25.8 Å². The van der Waals surface area contributed by atoms with Gasteiger partial charge in [0.1, 0.15) is 24.0 Å². The second-order valence-corrected chi connectivity index (χ2v) is 9.63. The molecule has 0 spiro atoms. The number of esters is 1. The lowest BCUT2D eigenvalue weighted by molar-refractivity contribution is -0.122. The van der Waals surface area contributed by atoms with Crippen LogP contribution in [-0.2, 0) is 14.3 Å². The summed E-state index contributed by atoms with van der Waals surface area (Å²) in [5.74, 6) is -0.593. The van der Waals surface area contributed by atoms with E-state index >= 15 is 0 Å². The number of carbonyl (C=O) groups excluding carboxylic acids is 3. The van der Waals surface area contributed by atoms with Gasteiger partial charge in [0.05, 0.1) is 30.9 Å². The summed E-state index contributed by atoms with van der Waals surface area (Å²) < 4.78 is 16.1. The number of nitrogens with zero attached hydrogens (tertiary/aromatic N) is 3. The first-order valence-electron chi connectivity index (χ1n) is 11.3. The Morgan fingerprint density at radius 2 is 1.94 bits per heavy atom. The Kier molecular flexibility index (Phi) is 8.43. The summed E-state index contributed by atoms with van der Waals surface area (Å²) in [6.07, 6.45) is -0.270. The van der Waals surface area contributed by atoms with Gasteiger partial charge in [-0.2, -0.15) is 5.26 Å². The van der Waals surface area contributed by atoms with Crippen molar-refractivity contribution in [3.8, 4) is 11.8 Å². The first-order valence-corrected chi connectivity index (χ1v) is 11.7. The summed E-state index contributed by atoms with van der Waals surface area (Å²) in [7, 11) is 1.27. The zero-order valence-electron chi connectivity index (χ0n) is 20.6. The SMILES string of the molecule is COC(=O)c1ccc(C#N)c(OCCC2CN(c3cccc(Cl)c3)C(=O)CN2C(=O)OC(C)(C)C)c1. The maximum Gasteiger partial charge on any atom is 0.411 e. The van der Waals surface area contributed by atoms with Gasteiger partial charge in [-0.25, -0.2) is 9.59 Å². The highest BCUT2D eigenvalue weighted by Gasteiger charge is 2.37. The third-order valence-electron chi connectivity index (χ3n) is 5.42. The fourth-order valence-corrected chi connectivity index (χ4v) is 3.91. The van der Waals surface area contributed by atoms with Crippen LogP contribution >= 0.6 is 11.6 Å². The molecule has 1 saturated heterocycles. The van der Waals surface area contributed by atoms with E-state index in [-0.39, 0.29) is 42.5 Å². The van der Waals surface area contributed by atoms with Crippen molar-refractivity contribution < 1.29 is 28.6 Å². The average Bonchev–Trinajstić information content (AvgIpc) is 2.83. The number of hydrogen-bond acceptors (Lipinski definition) is 7. The summed E-state index contributed by atoms with van der Waals surface area (Å²) in [5.41, 5.74) is 0.393. The molecule has 0 bridgehead atoms. The monoisotopic (exact) mass is 513 g/mol. The summed E-state index contributed by atoms with van der Waals surface area (Å²) in [6.45, 7) is 5.41. The molecule has 36 heavy (non-hydrogen) atoms. The van der Waals surface area contributed by atoms with Crippen LogP contribution in [-0.4, -0.2) is 61.3 Å². The predicted octanol–water partition coefficient (Wildman–Crippen LogP) is 4.42. The molecule has 0 N–H and O–H groups in total. The number of amides is 2. The quantitative estimate of drug-likeness (QED) is 0.526. The molecule has 0 saturated carbocycles. The van der Waals surface area contributed by atoms with E-state index in [0.717, 1.165) is 0 Å². The number of anilines is 1. The third kappa shape index (κ3) is 6.67. The number of hydrogen-bond donors (Lipinski definition) is 0. The van der Waals surface area contributed by atoms with Crippen LogP contribution < -0.4 is 9.64 Å². The molecule has 10 heteroatoms. The first-order chi connectivity index (χ1) is 17.0. The van der Waals surface area contributed by atoms with E-state index in [1.165, 1.54) is 30.2 Å². The highest BCUT2D eigenvalue weighted by atomic mass is 35.5. The van der Waals surface area contributed by atoms with Crippen LogP contribution in [0.1, 0.15) is 43.1 Å². The lowest BCUT2D eigenvalue weighted by Gasteiger charge is -2.41. The molecule has 1 heterocycles. The van der Waals surface area contributed by atoms with Crippen molar-refractivity contribution in [1.82, 2.24) is 4.90 Å². The van der Waals surface area contributed by atoms with Crippen LogP contribution in [0.3, 0.4) is 0 Å². The van der Waals surface area contributed by atoms with Gasteiger partial charge in [-0.1, -0.05) is 17.7 Å². The summed E-state index contributed by atoms with van der Waals surface area (Å²) in [4.78, 5) is 40.7. The zero-order chi connectivity index (χ0) is 26.5. The van der Waals surface area contributed by atoms with Crippen LogP contribution in [0.2, 0.25) is 5.02 Å². The van der Waals surface area contributed by atoms with Gasteiger partial charge >= 0.3 is 12.1 Å². The Bertz CT molecular complexity index is 1190. The summed E-state index contributed by atoms with van der Waals surface area (Å²) in [5, 5.41) is 9.91. The van der Waals surface area contributed by atoms with E-state index < -0.39 is 23.7 Å². The number of nitriles is 1. The molecule has 1 atom stereocenters. The molecule has 1 fully saturated rings. The van der Waals surface area contributed by atoms with Crippen LogP contribution in [0.5, 0.6) is 5.75 Å². The van der Waals surface area contributed by atoms with Crippen molar-refractivity contribution in [3.63, 3.8) is 0 Å². The molecule has 190 valence electrons. The van der Waals surface area contributed by atoms with Gasteiger partial charge in [0, 0.05) is 23.7 Å². The fraction of sp³-hybridized carbons (Fsp3) is 0.385. The Morgan fingerprint density at radius 1 is 1.19 bits per heavy atom. The van der Waals surface area contributed by atoms with E-state index in [2.05, 4.69) is 0 Å². The standard InChI is InChI=1S/C26H28ClN3O6/c1-26(2,3)36-25(33)30-16-23(31)29(20-7-5-6-19(27)13-20)15-21(30)10-11-35-22-12-17(24(32)34-4)8-9-18(22)14-28/h5-9,12-13,21H,10-11,15-16H2,1-4H3. The van der Waals surface area contributed by atoms with E-state index in [1.807, 2.05) is 6.07 Å². The number of piperazine rings is 1. The minimum Gasteiger partial charge on any atom is -0.492 e. The number of carbonyl (C=O) groups is 3. The van der Waals surface area contributed by atoms with Gasteiger partial charge in [-0.3, -0.25) is 9.69 Å². The van der Waals surface area contributed by atoms with Gasteiger partial charge in [-0.05, 0) is 57.2 Å². The maximum absolute atomic E-state index is 13.0. The number of benzene rings is 2. The lowest BCUT2D eigenvalue weighted by atomic mass is 10.1. The number of rotatable bonds is 6. The minimum atomic E-state index is -0.735. The van der Waals surface area contributed by atoms with Gasteiger partial charge in [0.15, 0.2) is 0 Å². The van der Waals surface area contributed by atoms with Crippen molar-refractivity contribution in [3.05, 3.63) is 58.6 Å². The van der Waals surface area contributed by atoms with Crippen molar-refractivity contribution in [2.45, 2.75) is 38.8 Å². The van der Waals surface area contributed by atoms with Gasteiger partial charge in [-0.15, -0.1) is 0 Å². The molecule has 0 aliphatic carbocycles. The lowest BCUT2D eigenvalue weighted by Crippen LogP contribution is -2.59. The molecule has 1 unspecified atom stereocenters. The average molecular weight is 514 g/mol. The first kappa shape index (κ1) is 26.8. The van der Waals surface area contributed by atoms with Gasteiger partial charge in [0.25, 0.3) is 0 Å². The van der Waals surface area contributed by atoms with Crippen molar-refractivity contribution in [2.75, 3.05) is 31.7 Å². The molecule has 2 aromatic rings. The van der Waals surface area contributed by atoms with Gasteiger partial charge < -0.3 is 19.1 Å².